The SMILES string of the molecule is CC(C)(C)[C-]=O.[Li+]. The first-order valence-electron chi connectivity index (χ1n) is 1.95. The van der Waals surface area contributed by atoms with Crippen LogP contribution < -0.4 is 18.9 Å². The predicted octanol–water partition coefficient (Wildman–Crippen LogP) is -1.85. The Kier molecular flexibility index (Phi) is 4.84. The predicted molar refractivity (Wildman–Crippen MR) is 25.1 cm³/mol. The van der Waals surface area contributed by atoms with Crippen LogP contribution in [0.15, 0.2) is 0 Å². The van der Waals surface area contributed by atoms with Gasteiger partial charge in [0.15, 0.2) is 0 Å². The van der Waals surface area contributed by atoms with E-state index in [4.69, 9.17) is 0 Å². The first-order valence-corrected chi connectivity index (χ1v) is 1.95. The summed E-state index contributed by atoms with van der Waals surface area (Å²) in [6.07, 6.45) is 1.85. The Morgan fingerprint density at radius 1 is 1.29 bits per heavy atom. The Hall–Kier alpha value is 0.267. The largest absolute Gasteiger partial charge is 1.00 e. The summed E-state index contributed by atoms with van der Waals surface area (Å²) in [5.41, 5.74) is -0.264. The van der Waals surface area contributed by atoms with E-state index >= 15 is 0 Å². The maximum atomic E-state index is 9.70. The smallest absolute Gasteiger partial charge is 0.541 e. The molecule has 0 aliphatic heterocycles. The monoisotopic (exact) mass is 92.1 g/mol. The normalized spacial score (nSPS) is 9.57. The quantitative estimate of drug-likeness (QED) is 0.253. The van der Waals surface area contributed by atoms with Gasteiger partial charge in [-0.25, -0.2) is 0 Å². The van der Waals surface area contributed by atoms with Gasteiger partial charge in [0.1, 0.15) is 0 Å². The maximum Gasteiger partial charge on any atom is 1.00 e. The summed E-state index contributed by atoms with van der Waals surface area (Å²) in [6, 6.07) is 0. The third-order valence-corrected chi connectivity index (χ3v) is 0.306. The molecule has 0 saturated heterocycles. The molecule has 7 heavy (non-hydrogen) atoms. The van der Waals surface area contributed by atoms with Crippen LogP contribution in [-0.4, -0.2) is 6.29 Å². The third kappa shape index (κ3) is 10.7. The molecule has 0 aliphatic carbocycles. The number of hydrogen-bond donors (Lipinski definition) is 0. The number of rotatable bonds is 0. The molecule has 0 amide bonds. The van der Waals surface area contributed by atoms with Crippen LogP contribution in [0.1, 0.15) is 20.8 Å². The van der Waals surface area contributed by atoms with Crippen molar-refractivity contribution in [1.29, 1.82) is 0 Å². The second-order valence-electron chi connectivity index (χ2n) is 2.35. The van der Waals surface area contributed by atoms with Crippen LogP contribution in [0.25, 0.3) is 0 Å². The van der Waals surface area contributed by atoms with E-state index in [-0.39, 0.29) is 24.3 Å². The Balaban J connectivity index is 0. The first-order chi connectivity index (χ1) is 2.56. The van der Waals surface area contributed by atoms with Crippen molar-refractivity contribution in [3.8, 4) is 0 Å². The summed E-state index contributed by atoms with van der Waals surface area (Å²) in [4.78, 5) is 9.70. The number of carbonyl (C=O) groups excluding carboxylic acids is 1. The van der Waals surface area contributed by atoms with Crippen molar-refractivity contribution >= 4 is 6.29 Å². The van der Waals surface area contributed by atoms with Crippen LogP contribution in [0.4, 0.5) is 0 Å². The first kappa shape index (κ1) is 10.3. The molecule has 0 saturated carbocycles. The van der Waals surface area contributed by atoms with Crippen molar-refractivity contribution in [1.82, 2.24) is 0 Å². The topological polar surface area (TPSA) is 17.1 Å². The van der Waals surface area contributed by atoms with Crippen LogP contribution in [0.2, 0.25) is 0 Å². The zero-order valence-corrected chi connectivity index (χ0v) is 5.41. The molecular weight excluding hydrogens is 83.0 g/mol. The van der Waals surface area contributed by atoms with Gasteiger partial charge in [-0.15, -0.1) is 5.41 Å². The molecule has 0 bridgehead atoms. The Morgan fingerprint density at radius 2 is 1.43 bits per heavy atom. The molecular formula is C5H9LiO. The van der Waals surface area contributed by atoms with Gasteiger partial charge >= 0.3 is 18.9 Å². The van der Waals surface area contributed by atoms with Crippen molar-refractivity contribution in [3.05, 3.63) is 0 Å². The summed E-state index contributed by atoms with van der Waals surface area (Å²) >= 11 is 0. The average Bonchev–Trinajstić information content (AvgIpc) is 1.35. The molecule has 1 nitrogen and oxygen atoms in total. The minimum absolute atomic E-state index is 0. The molecule has 0 rings (SSSR count). The van der Waals surface area contributed by atoms with Crippen molar-refractivity contribution in [2.45, 2.75) is 20.8 Å². The maximum absolute atomic E-state index is 9.70. The van der Waals surface area contributed by atoms with E-state index in [1.165, 1.54) is 0 Å². The summed E-state index contributed by atoms with van der Waals surface area (Å²) in [7, 11) is 0. The summed E-state index contributed by atoms with van der Waals surface area (Å²) < 4.78 is 0. The third-order valence-electron chi connectivity index (χ3n) is 0.306. The van der Waals surface area contributed by atoms with Crippen LogP contribution in [0, 0.1) is 5.41 Å². The van der Waals surface area contributed by atoms with Crippen molar-refractivity contribution in [3.63, 3.8) is 0 Å². The molecule has 0 heterocycles. The van der Waals surface area contributed by atoms with Gasteiger partial charge < -0.3 is 4.79 Å². The molecule has 2 heteroatoms. The Morgan fingerprint density at radius 3 is 1.43 bits per heavy atom. The molecule has 36 valence electrons. The fraction of sp³-hybridized carbons (Fsp3) is 0.800. The van der Waals surface area contributed by atoms with Gasteiger partial charge in [-0.1, -0.05) is 20.8 Å². The van der Waals surface area contributed by atoms with Crippen LogP contribution >= 0.6 is 0 Å². The van der Waals surface area contributed by atoms with Gasteiger partial charge in [-0.2, -0.15) is 0 Å². The molecule has 0 radical (unpaired) electrons. The van der Waals surface area contributed by atoms with Gasteiger partial charge in [0.2, 0.25) is 0 Å². The summed E-state index contributed by atoms with van der Waals surface area (Å²) in [5.74, 6) is 0. The molecule has 0 aliphatic rings. The molecule has 0 fully saturated rings. The van der Waals surface area contributed by atoms with Crippen molar-refractivity contribution in [2.75, 3.05) is 0 Å². The molecule has 0 aromatic heterocycles. The molecule has 0 aromatic carbocycles. The Bertz CT molecular complexity index is 53.6. The molecule has 0 aromatic rings. The fourth-order valence-corrected chi connectivity index (χ4v) is 0. The van der Waals surface area contributed by atoms with E-state index in [0.717, 1.165) is 0 Å². The van der Waals surface area contributed by atoms with Crippen molar-refractivity contribution in [2.24, 2.45) is 5.41 Å². The molecule has 0 unspecified atom stereocenters. The second kappa shape index (κ2) is 3.29. The van der Waals surface area contributed by atoms with Gasteiger partial charge in [0.25, 0.3) is 0 Å². The second-order valence-corrected chi connectivity index (χ2v) is 2.35. The molecule has 0 N–H and O–H groups in total. The number of hydrogen-bond acceptors (Lipinski definition) is 1. The zero-order valence-electron chi connectivity index (χ0n) is 5.41. The van der Waals surface area contributed by atoms with Crippen molar-refractivity contribution < 1.29 is 23.7 Å². The van der Waals surface area contributed by atoms with Gasteiger partial charge in [0, 0.05) is 0 Å². The van der Waals surface area contributed by atoms with Crippen LogP contribution in [0.3, 0.4) is 0 Å². The summed E-state index contributed by atoms with van der Waals surface area (Å²) in [5, 5.41) is 0. The van der Waals surface area contributed by atoms with E-state index in [2.05, 4.69) is 0 Å². The summed E-state index contributed by atoms with van der Waals surface area (Å²) in [6.45, 7) is 5.46. The average molecular weight is 92.1 g/mol. The van der Waals surface area contributed by atoms with E-state index < -0.39 is 0 Å². The van der Waals surface area contributed by atoms with Crippen LogP contribution in [-0.2, 0) is 4.79 Å². The van der Waals surface area contributed by atoms with Gasteiger partial charge in [-0.05, 0) is 0 Å². The van der Waals surface area contributed by atoms with E-state index in [1.807, 2.05) is 27.1 Å². The van der Waals surface area contributed by atoms with Crippen LogP contribution in [0.5, 0.6) is 0 Å². The van der Waals surface area contributed by atoms with E-state index in [0.29, 0.717) is 0 Å². The van der Waals surface area contributed by atoms with E-state index in [1.54, 1.807) is 0 Å². The minimum Gasteiger partial charge on any atom is -0.541 e. The van der Waals surface area contributed by atoms with Gasteiger partial charge in [0.05, 0.1) is 0 Å². The standard InChI is InChI=1S/C5H9O.Li/c1-5(2,3)4-6;/h1-3H3;/q-1;+1. The van der Waals surface area contributed by atoms with E-state index in [9.17, 15) is 4.79 Å². The molecule has 0 spiro atoms. The minimum atomic E-state index is -0.264. The zero-order chi connectivity index (χ0) is 5.21. The Labute approximate surface area is 56.7 Å². The molecule has 0 atom stereocenters. The van der Waals surface area contributed by atoms with Gasteiger partial charge in [-0.3, -0.25) is 6.29 Å². The fourth-order valence-electron chi connectivity index (χ4n) is 0.